The number of amides is 1. The fourth-order valence-corrected chi connectivity index (χ4v) is 3.97. The van der Waals surface area contributed by atoms with E-state index in [1.165, 1.54) is 42.7 Å². The second-order valence-corrected chi connectivity index (χ2v) is 7.69. The van der Waals surface area contributed by atoms with Crippen LogP contribution in [0.25, 0.3) is 11.3 Å². The smallest absolute Gasteiger partial charge is 0.341 e. The molecule has 0 atom stereocenters. The largest absolute Gasteiger partial charge is 0.497 e. The molecular formula is C21H20N2O7S. The molecule has 1 aromatic carbocycles. The molecule has 1 N–H and O–H groups in total. The van der Waals surface area contributed by atoms with Gasteiger partial charge in [0.25, 0.3) is 11.6 Å². The van der Waals surface area contributed by atoms with Gasteiger partial charge < -0.3 is 19.2 Å². The van der Waals surface area contributed by atoms with Crippen molar-refractivity contribution in [3.63, 3.8) is 0 Å². The number of aryl methyl sites for hydroxylation is 1. The summed E-state index contributed by atoms with van der Waals surface area (Å²) in [5, 5.41) is 14.5. The van der Waals surface area contributed by atoms with Crippen molar-refractivity contribution in [2.45, 2.75) is 20.8 Å². The summed E-state index contributed by atoms with van der Waals surface area (Å²) in [6, 6.07) is 7.22. The minimum atomic E-state index is -0.589. The lowest BCUT2D eigenvalue weighted by Gasteiger charge is -2.06. The van der Waals surface area contributed by atoms with Gasteiger partial charge in [0, 0.05) is 4.88 Å². The van der Waals surface area contributed by atoms with Gasteiger partial charge in [-0.05, 0) is 50.6 Å². The van der Waals surface area contributed by atoms with E-state index in [0.717, 1.165) is 10.4 Å². The van der Waals surface area contributed by atoms with Gasteiger partial charge in [0.1, 0.15) is 16.5 Å². The lowest BCUT2D eigenvalue weighted by molar-refractivity contribution is -0.384. The van der Waals surface area contributed by atoms with E-state index in [-0.39, 0.29) is 29.4 Å². The molecule has 10 heteroatoms. The van der Waals surface area contributed by atoms with Gasteiger partial charge in [-0.15, -0.1) is 11.3 Å². The van der Waals surface area contributed by atoms with Crippen LogP contribution in [0.1, 0.15) is 38.3 Å². The van der Waals surface area contributed by atoms with Gasteiger partial charge in [-0.2, -0.15) is 0 Å². The number of anilines is 1. The molecule has 0 unspecified atom stereocenters. The monoisotopic (exact) mass is 444 g/mol. The molecule has 0 bridgehead atoms. The molecular weight excluding hydrogens is 424 g/mol. The molecule has 1 amide bonds. The number of benzene rings is 1. The summed E-state index contributed by atoms with van der Waals surface area (Å²) >= 11 is 1.25. The van der Waals surface area contributed by atoms with Crippen LogP contribution in [-0.4, -0.2) is 30.5 Å². The third kappa shape index (κ3) is 4.43. The molecule has 0 saturated heterocycles. The van der Waals surface area contributed by atoms with Crippen LogP contribution in [-0.2, 0) is 4.74 Å². The molecule has 3 aromatic rings. The highest BCUT2D eigenvalue weighted by molar-refractivity contribution is 7.16. The number of methoxy groups -OCH3 is 1. The number of furan rings is 1. The van der Waals surface area contributed by atoms with Crippen LogP contribution in [0.2, 0.25) is 0 Å². The van der Waals surface area contributed by atoms with Crippen LogP contribution >= 0.6 is 11.3 Å². The number of thiophene rings is 1. The zero-order valence-electron chi connectivity index (χ0n) is 17.3. The number of ether oxygens (including phenoxy) is 2. The fraction of sp³-hybridized carbons (Fsp3) is 0.238. The van der Waals surface area contributed by atoms with E-state index in [0.29, 0.717) is 16.3 Å². The Labute approximate surface area is 181 Å². The van der Waals surface area contributed by atoms with E-state index >= 15 is 0 Å². The van der Waals surface area contributed by atoms with Crippen LogP contribution in [0.15, 0.2) is 34.7 Å². The van der Waals surface area contributed by atoms with Gasteiger partial charge >= 0.3 is 5.97 Å². The van der Waals surface area contributed by atoms with Gasteiger partial charge in [-0.25, -0.2) is 4.79 Å². The van der Waals surface area contributed by atoms with Crippen molar-refractivity contribution in [3.8, 4) is 17.1 Å². The first-order valence-corrected chi connectivity index (χ1v) is 10.1. The fourth-order valence-electron chi connectivity index (χ4n) is 2.93. The van der Waals surface area contributed by atoms with E-state index < -0.39 is 16.8 Å². The van der Waals surface area contributed by atoms with Gasteiger partial charge in [0.05, 0.1) is 35.8 Å². The molecule has 0 aliphatic heterocycles. The molecule has 0 aliphatic rings. The average molecular weight is 444 g/mol. The quantitative estimate of drug-likeness (QED) is 0.310. The molecule has 2 heterocycles. The Morgan fingerprint density at radius 1 is 1.23 bits per heavy atom. The number of nitrogens with one attached hydrogen (secondary N) is 1. The summed E-state index contributed by atoms with van der Waals surface area (Å²) in [7, 11) is 1.41. The number of esters is 1. The molecule has 162 valence electrons. The minimum Gasteiger partial charge on any atom is -0.497 e. The average Bonchev–Trinajstić information content (AvgIpc) is 3.33. The zero-order valence-corrected chi connectivity index (χ0v) is 18.1. The van der Waals surface area contributed by atoms with Crippen LogP contribution in [0, 0.1) is 24.0 Å². The molecule has 2 aromatic heterocycles. The number of carbonyl (C=O) groups excluding carboxylic acids is 2. The molecule has 0 spiro atoms. The number of carbonyl (C=O) groups is 2. The topological polar surface area (TPSA) is 121 Å². The van der Waals surface area contributed by atoms with E-state index in [9.17, 15) is 19.7 Å². The molecule has 0 fully saturated rings. The van der Waals surface area contributed by atoms with Crippen molar-refractivity contribution in [2.75, 3.05) is 19.0 Å². The Morgan fingerprint density at radius 3 is 2.61 bits per heavy atom. The van der Waals surface area contributed by atoms with Crippen molar-refractivity contribution in [1.29, 1.82) is 0 Å². The van der Waals surface area contributed by atoms with E-state index in [1.54, 1.807) is 19.9 Å². The number of hydrogen-bond acceptors (Lipinski definition) is 8. The highest BCUT2D eigenvalue weighted by Crippen LogP contribution is 2.36. The summed E-state index contributed by atoms with van der Waals surface area (Å²) in [4.78, 5) is 36.8. The van der Waals surface area contributed by atoms with Crippen molar-refractivity contribution in [1.82, 2.24) is 0 Å². The van der Waals surface area contributed by atoms with E-state index in [2.05, 4.69) is 5.32 Å². The van der Waals surface area contributed by atoms with Gasteiger partial charge in [-0.1, -0.05) is 0 Å². The van der Waals surface area contributed by atoms with Crippen LogP contribution in [0.3, 0.4) is 0 Å². The maximum Gasteiger partial charge on any atom is 0.341 e. The van der Waals surface area contributed by atoms with Crippen molar-refractivity contribution < 1.29 is 28.4 Å². The number of rotatable bonds is 7. The predicted molar refractivity (Wildman–Crippen MR) is 115 cm³/mol. The van der Waals surface area contributed by atoms with E-state index in [1.807, 2.05) is 6.92 Å². The molecule has 3 rings (SSSR count). The molecule has 0 aliphatic carbocycles. The van der Waals surface area contributed by atoms with Crippen LogP contribution in [0.5, 0.6) is 5.75 Å². The molecule has 0 saturated carbocycles. The number of nitro benzene ring substituents is 1. The molecule has 0 radical (unpaired) electrons. The summed E-state index contributed by atoms with van der Waals surface area (Å²) in [5.41, 5.74) is 1.03. The van der Waals surface area contributed by atoms with Crippen molar-refractivity contribution in [3.05, 3.63) is 62.2 Å². The SMILES string of the molecule is CCOC(=O)c1c(NC(=O)c2ccc(-c3ccc(OC)cc3[N+](=O)[O-])o2)sc(C)c1C. The summed E-state index contributed by atoms with van der Waals surface area (Å²) in [6.45, 7) is 5.53. The lowest BCUT2D eigenvalue weighted by atomic mass is 10.1. The number of nitrogens with zero attached hydrogens (tertiary/aromatic N) is 1. The van der Waals surface area contributed by atoms with Gasteiger partial charge in [0.2, 0.25) is 0 Å². The second-order valence-electron chi connectivity index (χ2n) is 6.47. The first-order valence-electron chi connectivity index (χ1n) is 9.27. The van der Waals surface area contributed by atoms with Crippen molar-refractivity contribution >= 4 is 33.9 Å². The van der Waals surface area contributed by atoms with Crippen LogP contribution in [0.4, 0.5) is 10.7 Å². The Bertz CT molecular complexity index is 1160. The predicted octanol–water partition coefficient (Wildman–Crippen LogP) is 4.97. The first kappa shape index (κ1) is 22.0. The normalized spacial score (nSPS) is 10.6. The molecule has 9 nitrogen and oxygen atoms in total. The summed E-state index contributed by atoms with van der Waals surface area (Å²) in [6.07, 6.45) is 0. The Kier molecular flexibility index (Phi) is 6.40. The van der Waals surface area contributed by atoms with Crippen molar-refractivity contribution in [2.24, 2.45) is 0 Å². The first-order chi connectivity index (χ1) is 14.8. The Balaban J connectivity index is 1.90. The Morgan fingerprint density at radius 2 is 1.97 bits per heavy atom. The number of nitro groups is 1. The lowest BCUT2D eigenvalue weighted by Crippen LogP contribution is -2.14. The second kappa shape index (κ2) is 9.00. The highest BCUT2D eigenvalue weighted by Gasteiger charge is 2.25. The zero-order chi connectivity index (χ0) is 22.7. The third-order valence-electron chi connectivity index (χ3n) is 4.59. The summed E-state index contributed by atoms with van der Waals surface area (Å²) < 4.78 is 15.7. The standard InChI is InChI=1S/C21H20N2O7S/c1-5-29-21(25)18-11(2)12(3)31-20(18)22-19(24)17-9-8-16(30-17)14-7-6-13(28-4)10-15(14)23(26)27/h6-10H,5H2,1-4H3,(H,22,24). The maximum atomic E-state index is 12.7. The number of hydrogen-bond donors (Lipinski definition) is 1. The van der Waals surface area contributed by atoms with Gasteiger partial charge in [-0.3, -0.25) is 14.9 Å². The van der Waals surface area contributed by atoms with Gasteiger partial charge in [0.15, 0.2) is 5.76 Å². The highest BCUT2D eigenvalue weighted by atomic mass is 32.1. The molecule has 31 heavy (non-hydrogen) atoms. The summed E-state index contributed by atoms with van der Waals surface area (Å²) in [5.74, 6) is -0.681. The minimum absolute atomic E-state index is 0.0568. The van der Waals surface area contributed by atoms with E-state index in [4.69, 9.17) is 13.9 Å². The van der Waals surface area contributed by atoms with Crippen LogP contribution < -0.4 is 10.1 Å². The Hall–Kier alpha value is -3.66. The maximum absolute atomic E-state index is 12.7. The third-order valence-corrected chi connectivity index (χ3v) is 5.71.